The molecule has 1 aliphatic heterocycles. The molecule has 1 atom stereocenters. The van der Waals surface area contributed by atoms with Gasteiger partial charge in [0.25, 0.3) is 0 Å². The molecule has 1 saturated heterocycles. The van der Waals surface area contributed by atoms with E-state index in [9.17, 15) is 15.0 Å². The van der Waals surface area contributed by atoms with Crippen molar-refractivity contribution in [3.8, 4) is 5.75 Å². The predicted molar refractivity (Wildman–Crippen MR) is 134 cm³/mol. The Hall–Kier alpha value is -3.12. The number of aliphatic carboxylic acids is 1. The van der Waals surface area contributed by atoms with Crippen LogP contribution in [0.4, 0.5) is 0 Å². The predicted octanol–water partition coefficient (Wildman–Crippen LogP) is 5.83. The number of carboxylic acids is 1. The molecule has 0 spiro atoms. The molecule has 33 heavy (non-hydrogen) atoms. The largest absolute Gasteiger partial charge is 0.511 e. The van der Waals surface area contributed by atoms with Crippen LogP contribution in [0, 0.1) is 0 Å². The zero-order valence-corrected chi connectivity index (χ0v) is 19.9. The van der Waals surface area contributed by atoms with E-state index in [2.05, 4.69) is 4.99 Å². The van der Waals surface area contributed by atoms with Crippen LogP contribution in [0.3, 0.4) is 0 Å². The van der Waals surface area contributed by atoms with Crippen molar-refractivity contribution >= 4 is 12.2 Å². The molecule has 1 aliphatic rings. The second kappa shape index (κ2) is 14.1. The molecule has 6 nitrogen and oxygen atoms in total. The molecular weight excluding hydrogens is 416 g/mol. The number of rotatable bonds is 11. The summed E-state index contributed by atoms with van der Waals surface area (Å²) in [6, 6.07) is 7.33. The Bertz CT molecular complexity index is 924. The fraction of sp³-hybridized carbons (Fsp3) is 0.407. The monoisotopic (exact) mass is 452 g/mol. The summed E-state index contributed by atoms with van der Waals surface area (Å²) in [6.45, 7) is 7.38. The lowest BCUT2D eigenvalue weighted by Gasteiger charge is -2.32. The molecule has 1 unspecified atom stereocenters. The highest BCUT2D eigenvalue weighted by Crippen LogP contribution is 2.22. The minimum absolute atomic E-state index is 0.169. The van der Waals surface area contributed by atoms with E-state index in [4.69, 9.17) is 4.74 Å². The van der Waals surface area contributed by atoms with Gasteiger partial charge in [-0.15, -0.1) is 0 Å². The summed E-state index contributed by atoms with van der Waals surface area (Å²) >= 11 is 0. The molecule has 178 valence electrons. The maximum Gasteiger partial charge on any atom is 0.320 e. The summed E-state index contributed by atoms with van der Waals surface area (Å²) < 4.78 is 5.89. The Balaban J connectivity index is 1.90. The molecule has 0 saturated carbocycles. The van der Waals surface area contributed by atoms with Crippen molar-refractivity contribution in [1.82, 2.24) is 4.90 Å². The minimum atomic E-state index is -0.750. The zero-order chi connectivity index (χ0) is 24.1. The molecule has 1 aromatic carbocycles. The van der Waals surface area contributed by atoms with Crippen molar-refractivity contribution in [2.24, 2.45) is 4.99 Å². The fourth-order valence-electron chi connectivity index (χ4n) is 3.74. The summed E-state index contributed by atoms with van der Waals surface area (Å²) in [5.41, 5.74) is 2.74. The number of hydrogen-bond acceptors (Lipinski definition) is 5. The molecule has 6 heteroatoms. The summed E-state index contributed by atoms with van der Waals surface area (Å²) in [4.78, 5) is 17.9. The molecule has 2 N–H and O–H groups in total. The van der Waals surface area contributed by atoms with Gasteiger partial charge in [0.1, 0.15) is 17.6 Å². The van der Waals surface area contributed by atoms with Gasteiger partial charge in [-0.3, -0.25) is 14.7 Å². The third-order valence-corrected chi connectivity index (χ3v) is 5.42. The number of allylic oxidation sites excluding steroid dienone is 7. The summed E-state index contributed by atoms with van der Waals surface area (Å²) in [5, 5.41) is 19.4. The number of nitrogens with zero attached hydrogens (tertiary/aromatic N) is 2. The average Bonchev–Trinajstić information content (AvgIpc) is 2.78. The Labute approximate surface area is 197 Å². The Morgan fingerprint density at radius 2 is 2.06 bits per heavy atom. The standard InChI is InChI=1S/C27H36N2O4/c1-4-10-21(2)11-5-7-16-28-25(22(3)30)15-18-33-24-13-9-12-23(19-24)20-29-17-8-6-14-26(29)27(31)32/h4-5,7,9-13,16,19,26,30H,6,8,14-15,17-18,20H2,1-3H3,(H,31,32)/b7-5+,10-4-,21-11-,25-22-,28-16+. The van der Waals surface area contributed by atoms with Gasteiger partial charge in [0.2, 0.25) is 0 Å². The zero-order valence-electron chi connectivity index (χ0n) is 19.9. The van der Waals surface area contributed by atoms with Gasteiger partial charge in [-0.25, -0.2) is 0 Å². The van der Waals surface area contributed by atoms with E-state index in [0.717, 1.165) is 36.3 Å². The molecule has 1 aromatic rings. The first-order chi connectivity index (χ1) is 15.9. The van der Waals surface area contributed by atoms with Gasteiger partial charge in [-0.1, -0.05) is 48.4 Å². The molecule has 0 amide bonds. The number of aliphatic hydroxyl groups is 1. The van der Waals surface area contributed by atoms with Crippen molar-refractivity contribution in [2.75, 3.05) is 13.2 Å². The Morgan fingerprint density at radius 1 is 1.24 bits per heavy atom. The molecular formula is C27H36N2O4. The highest BCUT2D eigenvalue weighted by atomic mass is 16.5. The number of hydrogen-bond donors (Lipinski definition) is 2. The number of ether oxygens (including phenoxy) is 1. The number of carbonyl (C=O) groups is 1. The Morgan fingerprint density at radius 3 is 2.79 bits per heavy atom. The highest BCUT2D eigenvalue weighted by molar-refractivity contribution is 5.73. The van der Waals surface area contributed by atoms with Crippen LogP contribution in [0.25, 0.3) is 0 Å². The van der Waals surface area contributed by atoms with Gasteiger partial charge in [-0.05, 0) is 63.9 Å². The van der Waals surface area contributed by atoms with E-state index >= 15 is 0 Å². The van der Waals surface area contributed by atoms with E-state index in [1.165, 1.54) is 0 Å². The lowest BCUT2D eigenvalue weighted by atomic mass is 10.0. The first kappa shape index (κ1) is 26.1. The Kier molecular flexibility index (Phi) is 11.2. The highest BCUT2D eigenvalue weighted by Gasteiger charge is 2.28. The van der Waals surface area contributed by atoms with Gasteiger partial charge in [0, 0.05) is 19.2 Å². The maximum atomic E-state index is 11.5. The summed E-state index contributed by atoms with van der Waals surface area (Å²) in [6.07, 6.45) is 14.5. The minimum Gasteiger partial charge on any atom is -0.511 e. The summed E-state index contributed by atoms with van der Waals surface area (Å²) in [5.74, 6) is 0.141. The molecule has 0 bridgehead atoms. The van der Waals surface area contributed by atoms with E-state index in [-0.39, 0.29) is 5.76 Å². The second-order valence-electron chi connectivity index (χ2n) is 8.17. The number of carboxylic acid groups (broad SMARTS) is 1. The van der Waals surface area contributed by atoms with Crippen LogP contribution in [-0.2, 0) is 11.3 Å². The van der Waals surface area contributed by atoms with Crippen LogP contribution in [0.5, 0.6) is 5.75 Å². The molecule has 1 heterocycles. The van der Waals surface area contributed by atoms with Crippen molar-refractivity contribution < 1.29 is 19.7 Å². The van der Waals surface area contributed by atoms with Crippen LogP contribution in [0.15, 0.2) is 76.7 Å². The number of benzene rings is 1. The normalized spacial score (nSPS) is 18.9. The summed E-state index contributed by atoms with van der Waals surface area (Å²) in [7, 11) is 0. The number of aliphatic imine (C=N–C) groups is 1. The van der Waals surface area contributed by atoms with Crippen molar-refractivity contribution in [3.63, 3.8) is 0 Å². The molecule has 0 radical (unpaired) electrons. The van der Waals surface area contributed by atoms with Crippen LogP contribution < -0.4 is 4.74 Å². The third kappa shape index (κ3) is 9.49. The van der Waals surface area contributed by atoms with Gasteiger partial charge in [-0.2, -0.15) is 0 Å². The molecule has 0 aromatic heterocycles. The smallest absolute Gasteiger partial charge is 0.320 e. The van der Waals surface area contributed by atoms with E-state index in [0.29, 0.717) is 31.7 Å². The van der Waals surface area contributed by atoms with Gasteiger partial charge in [0.15, 0.2) is 0 Å². The molecule has 1 fully saturated rings. The molecule has 2 rings (SSSR count). The van der Waals surface area contributed by atoms with Crippen molar-refractivity contribution in [2.45, 2.75) is 59.0 Å². The molecule has 0 aliphatic carbocycles. The first-order valence-electron chi connectivity index (χ1n) is 11.5. The van der Waals surface area contributed by atoms with E-state index in [1.54, 1.807) is 13.1 Å². The van der Waals surface area contributed by atoms with Crippen molar-refractivity contribution in [3.05, 3.63) is 77.2 Å². The lowest BCUT2D eigenvalue weighted by molar-refractivity contribution is -0.144. The van der Waals surface area contributed by atoms with Crippen LogP contribution in [-0.4, -0.2) is 46.5 Å². The van der Waals surface area contributed by atoms with Crippen LogP contribution >= 0.6 is 0 Å². The van der Waals surface area contributed by atoms with Crippen LogP contribution in [0.1, 0.15) is 52.0 Å². The SMILES string of the molecule is C\C=C/C(C)=C\C=C\C=N\C(CCOc1cccc(CN2CCCCC2C(=O)O)c1)=C(\C)O. The first-order valence-corrected chi connectivity index (χ1v) is 11.5. The third-order valence-electron chi connectivity index (χ3n) is 5.42. The number of aliphatic hydroxyl groups excluding tert-OH is 1. The lowest BCUT2D eigenvalue weighted by Crippen LogP contribution is -2.43. The van der Waals surface area contributed by atoms with Crippen molar-refractivity contribution in [1.29, 1.82) is 0 Å². The van der Waals surface area contributed by atoms with Gasteiger partial charge < -0.3 is 14.9 Å². The number of piperidine rings is 1. The second-order valence-corrected chi connectivity index (χ2v) is 8.17. The average molecular weight is 453 g/mol. The van der Waals surface area contributed by atoms with Crippen LogP contribution in [0.2, 0.25) is 0 Å². The topological polar surface area (TPSA) is 82.4 Å². The van der Waals surface area contributed by atoms with E-state index < -0.39 is 12.0 Å². The quantitative estimate of drug-likeness (QED) is 0.251. The fourth-order valence-corrected chi connectivity index (χ4v) is 3.74. The maximum absolute atomic E-state index is 11.5. The van der Waals surface area contributed by atoms with Gasteiger partial charge in [0.05, 0.1) is 12.3 Å². The van der Waals surface area contributed by atoms with E-state index in [1.807, 2.05) is 73.4 Å². The van der Waals surface area contributed by atoms with Gasteiger partial charge >= 0.3 is 5.97 Å². The number of likely N-dealkylation sites (tertiary alicyclic amines) is 1.